The van der Waals surface area contributed by atoms with Gasteiger partial charge in [0, 0.05) is 90.0 Å². The molecule has 0 bridgehead atoms. The number of esters is 13. The largest absolute Gasteiger partial charge is 0.463 e. The maximum absolute atomic E-state index is 13.7. The zero-order valence-corrected chi connectivity index (χ0v) is 46.3. The van der Waals surface area contributed by atoms with Gasteiger partial charge in [0.1, 0.15) is 69.0 Å². The number of hydrogen-bond acceptors (Lipinski definition) is 34. The molecule has 1 N–H and O–H groups in total. The Bertz CT molecular complexity index is 3300. The lowest BCUT2D eigenvalue weighted by Crippen LogP contribution is -2.69. The van der Waals surface area contributed by atoms with Gasteiger partial charge < -0.3 is 99.8 Å². The summed E-state index contributed by atoms with van der Waals surface area (Å²) in [5.41, 5.74) is 0. The molecule has 0 aliphatic carbocycles. The second-order valence-electron chi connectivity index (χ2n) is 16.6. The van der Waals surface area contributed by atoms with Crippen LogP contribution in [0.15, 0.2) is 0 Å². The van der Waals surface area contributed by atoms with E-state index in [0.29, 0.717) is 90.0 Å². The maximum atomic E-state index is 13.7. The van der Waals surface area contributed by atoms with E-state index in [4.69, 9.17) is 97.6 Å². The third-order valence-electron chi connectivity index (χ3n) is 9.31. The summed E-state index contributed by atoms with van der Waals surface area (Å²) in [6.07, 6.45) is -79.6. The molecule has 0 aromatic carbocycles. The highest BCUT2D eigenvalue weighted by Crippen LogP contribution is 2.40. The summed E-state index contributed by atoms with van der Waals surface area (Å²) in [4.78, 5) is 170. The third kappa shape index (κ3) is 20.5. The summed E-state index contributed by atoms with van der Waals surface area (Å²) in [6, 6.07) is 0. The maximum Gasteiger partial charge on any atom is 0.303 e. The molecule has 0 aromatic rings. The summed E-state index contributed by atoms with van der Waals surface area (Å²) < 4.78 is 264. The number of carbonyl (C=O) groups is 13. The van der Waals surface area contributed by atoms with E-state index in [1.807, 2.05) is 0 Å². The Kier molecular flexibility index (Phi) is 17.7. The fraction of sp³-hybridized carbons (Fsp3) is 0.740. The van der Waals surface area contributed by atoms with Crippen molar-refractivity contribution in [2.45, 2.75) is 213 Å². The van der Waals surface area contributed by atoms with Crippen LogP contribution in [0, 0.1) is 0 Å². The molecule has 0 spiro atoms. The molecular weight excluding hydrogens is 1140 g/mol. The van der Waals surface area contributed by atoms with Crippen molar-refractivity contribution in [1.29, 1.82) is 0 Å². The Morgan fingerprint density at radius 3 is 0.810 bits per heavy atom. The predicted octanol–water partition coefficient (Wildman–Crippen LogP) is -2.33. The first-order valence-corrected chi connectivity index (χ1v) is 23.7. The van der Waals surface area contributed by atoms with E-state index in [1.165, 1.54) is 0 Å². The summed E-state index contributed by atoms with van der Waals surface area (Å²) in [5, 5.41) is 11.3. The van der Waals surface area contributed by atoms with Crippen LogP contribution in [0.25, 0.3) is 0 Å². The molecule has 34 heteroatoms. The van der Waals surface area contributed by atoms with Gasteiger partial charge in [0.15, 0.2) is 79.9 Å². The molecule has 4 fully saturated rings. The Balaban J connectivity index is 2.35. The van der Waals surface area contributed by atoms with E-state index in [2.05, 4.69) is 9.47 Å². The van der Waals surface area contributed by atoms with Crippen LogP contribution in [-0.2, 0) is 157 Å². The SMILES string of the molecule is [2H]C([2H])(OC(C)=O)[C@H]1O[C@H](O[C@@H]2[C@@H](C([2H])([2H])OC(C)=O)O[C@H](O[C@@H]3[C@@H](C([2H])([2H])OC(C)=O)O[C@H](O[C@@H]4[C@@H](C([2H])([2H])OC(C)=O)OC(O)[C@]([2H])(OC(C)=O)[C@@]4([2H])OC(C)=O)[C@]([2H])(OC(C)=O)[C@@]3([2H])OC(C)=O)[C@]([2H])(OC(C)=O)[C@@]2([2H])OC(C)=O)[C@]([2H])(OC(C)=O)[C@@]([2H])(OC(C)=O)[C@]1([2H])OC(C)=O. The number of hydrogen-bond donors (Lipinski definition) is 1. The minimum Gasteiger partial charge on any atom is -0.463 e. The zero-order valence-electron chi connectivity index (χ0n) is 63.3. The van der Waals surface area contributed by atoms with Crippen molar-refractivity contribution < 1.29 is 185 Å². The highest BCUT2D eigenvalue weighted by molar-refractivity contribution is 5.71. The molecule has 20 atom stereocenters. The van der Waals surface area contributed by atoms with Gasteiger partial charge in [-0.25, -0.2) is 0 Å². The molecule has 4 aliphatic heterocycles. The molecular formula is C50H68O34. The van der Waals surface area contributed by atoms with Gasteiger partial charge in [-0.15, -0.1) is 0 Å². The van der Waals surface area contributed by atoms with Crippen molar-refractivity contribution >= 4 is 77.6 Å². The summed E-state index contributed by atoms with van der Waals surface area (Å²) in [6.45, 7) is -11.3. The highest BCUT2D eigenvalue weighted by atomic mass is 16.8. The lowest BCUT2D eigenvalue weighted by atomic mass is 9.94. The normalized spacial score (nSPS) is 44.2. The lowest BCUT2D eigenvalue weighted by Gasteiger charge is -2.51. The van der Waals surface area contributed by atoms with E-state index in [0.717, 1.165) is 0 Å². The molecule has 4 saturated heterocycles. The second-order valence-corrected chi connectivity index (χ2v) is 16.6. The molecule has 0 amide bonds. The number of rotatable bonds is 23. The van der Waals surface area contributed by atoms with Gasteiger partial charge in [0.2, 0.25) is 0 Å². The lowest BCUT2D eigenvalue weighted by molar-refractivity contribution is -0.388. The number of aliphatic hydroxyl groups excluding tert-OH is 1. The van der Waals surface area contributed by atoms with Gasteiger partial charge in [-0.1, -0.05) is 0 Å². The van der Waals surface area contributed by atoms with Crippen molar-refractivity contribution in [3.05, 3.63) is 0 Å². The van der Waals surface area contributed by atoms with Crippen LogP contribution in [-0.4, -0.2) is 232 Å². The van der Waals surface area contributed by atoms with Crippen molar-refractivity contribution in [2.24, 2.45) is 0 Å². The summed E-state index contributed by atoms with van der Waals surface area (Å²) >= 11 is 0. The topological polar surface area (TPSA) is 427 Å². The number of carbonyl (C=O) groups excluding carboxylic acids is 13. The molecule has 472 valence electrons. The van der Waals surface area contributed by atoms with Crippen LogP contribution in [0.3, 0.4) is 0 Å². The number of ether oxygens (including phenoxy) is 20. The van der Waals surface area contributed by atoms with Gasteiger partial charge in [0.05, 0.1) is 23.3 Å². The van der Waals surface area contributed by atoms with Crippen LogP contribution in [0.5, 0.6) is 0 Å². The Morgan fingerprint density at radius 2 is 0.512 bits per heavy atom. The second kappa shape index (κ2) is 31.6. The van der Waals surface area contributed by atoms with Gasteiger partial charge in [-0.3, -0.25) is 62.3 Å². The average molecular weight is 1230 g/mol. The Labute approximate surface area is 502 Å². The fourth-order valence-corrected chi connectivity index (χ4v) is 6.88. The molecule has 4 heterocycles. The van der Waals surface area contributed by atoms with Crippen molar-refractivity contribution in [3.63, 3.8) is 0 Å². The molecule has 4 aliphatic rings. The van der Waals surface area contributed by atoms with E-state index < -0.39 is 226 Å². The first kappa shape index (κ1) is 47.1. The van der Waals surface area contributed by atoms with E-state index in [1.54, 1.807) is 0 Å². The zero-order chi connectivity index (χ0) is 78.5. The van der Waals surface area contributed by atoms with E-state index in [9.17, 15) is 78.4 Å². The van der Waals surface area contributed by atoms with Crippen molar-refractivity contribution in [1.82, 2.24) is 0 Å². The van der Waals surface area contributed by atoms with Gasteiger partial charge >= 0.3 is 77.6 Å². The minimum atomic E-state index is -4.68. The predicted molar refractivity (Wildman–Crippen MR) is 258 cm³/mol. The first-order chi connectivity index (χ1) is 45.4. The standard InChI is InChI=1S/C50H68O34/c1-18(51)65-14-31-36(39(70-23(6)56)43(47(64)78-31)74-27(10)60)82-49-45(76-29(12)62)41(72-25(8)58)38(33(80-49)16-67-20(3)53)84-50-46(77-30(13)63)42(73-26(9)59)37(34(81-50)17-68-21(4)54)83-48-44(75-28(11)61)40(71-24(7)57)35(69-22(5)55)32(79-48)15-66-19(2)52/h31-50,64H,14-17H2,1-13H3/t31-,32-,33-,34-,35-,36-,37-,38-,39+,40+,41+,42+,43-,44-,45-,46-,47?,48-,49-,50-/m1/s1/i14D2,15D2,16D2,17D2,35D,39D,40D,41D,42D,43D,44D,45D,46D. The van der Waals surface area contributed by atoms with Crippen LogP contribution in [0.4, 0.5) is 0 Å². The van der Waals surface area contributed by atoms with Crippen molar-refractivity contribution in [3.8, 4) is 0 Å². The van der Waals surface area contributed by atoms with Crippen LogP contribution >= 0.6 is 0 Å². The van der Waals surface area contributed by atoms with Gasteiger partial charge in [0.25, 0.3) is 0 Å². The average Bonchev–Trinajstić information content (AvgIpc) is 0.694. The molecule has 34 nitrogen and oxygen atoms in total. The van der Waals surface area contributed by atoms with E-state index >= 15 is 0 Å². The fourth-order valence-electron chi connectivity index (χ4n) is 6.88. The molecule has 0 radical (unpaired) electrons. The van der Waals surface area contributed by atoms with E-state index in [-0.39, 0.29) is 0 Å². The molecule has 0 saturated carbocycles. The van der Waals surface area contributed by atoms with Gasteiger partial charge in [-0.05, 0) is 0 Å². The Morgan fingerprint density at radius 1 is 0.298 bits per heavy atom. The third-order valence-corrected chi connectivity index (χ3v) is 9.31. The number of aliphatic hydroxyl groups is 1. The van der Waals surface area contributed by atoms with Gasteiger partial charge in [-0.2, -0.15) is 0 Å². The smallest absolute Gasteiger partial charge is 0.303 e. The molecule has 4 rings (SSSR count). The highest BCUT2D eigenvalue weighted by Gasteiger charge is 2.61. The Hall–Kier alpha value is -7.21. The summed E-state index contributed by atoms with van der Waals surface area (Å²) in [7, 11) is 0. The minimum absolute atomic E-state index is 0.326. The monoisotopic (exact) mass is 1230 g/mol. The summed E-state index contributed by atoms with van der Waals surface area (Å²) in [5.74, 6) is -23.6. The quantitative estimate of drug-likeness (QED) is 0.0828. The van der Waals surface area contributed by atoms with Crippen molar-refractivity contribution in [2.75, 3.05) is 26.2 Å². The molecule has 0 aromatic heterocycles. The van der Waals surface area contributed by atoms with Crippen LogP contribution in [0.1, 0.15) is 113 Å². The molecule has 1 unspecified atom stereocenters. The van der Waals surface area contributed by atoms with Crippen LogP contribution < -0.4 is 0 Å². The van der Waals surface area contributed by atoms with Crippen LogP contribution in [0.2, 0.25) is 0 Å². The first-order valence-electron chi connectivity index (χ1n) is 32.2. The molecule has 84 heavy (non-hydrogen) atoms.